The molecule has 5 rings (SSSR count). The highest BCUT2D eigenvalue weighted by atomic mass is 35.5. The lowest BCUT2D eigenvalue weighted by molar-refractivity contribution is 0.0732. The van der Waals surface area contributed by atoms with Crippen LogP contribution in [-0.2, 0) is 16.4 Å². The SMILES string of the molecule is Cc1ccc(-c2ccc3c(c2)CN(C(=O)c2ccc(S(=O)(=O)c4ccc(Cl)cc4)cc2C)CCO3)cc1C. The maximum absolute atomic E-state index is 13.6. The number of benzene rings is 4. The second kappa shape index (κ2) is 10.3. The van der Waals surface area contributed by atoms with Crippen molar-refractivity contribution in [1.29, 1.82) is 0 Å². The van der Waals surface area contributed by atoms with Crippen LogP contribution in [-0.4, -0.2) is 32.4 Å². The molecule has 1 aliphatic heterocycles. The van der Waals surface area contributed by atoms with Gasteiger partial charge in [-0.2, -0.15) is 0 Å². The molecule has 0 aliphatic carbocycles. The molecule has 1 amide bonds. The Bertz CT molecular complexity index is 1650. The molecule has 0 saturated heterocycles. The van der Waals surface area contributed by atoms with Gasteiger partial charge in [0.1, 0.15) is 12.4 Å². The molecule has 0 saturated carbocycles. The van der Waals surface area contributed by atoms with Crippen LogP contribution in [0.4, 0.5) is 0 Å². The predicted molar refractivity (Wildman–Crippen MR) is 150 cm³/mol. The first-order valence-corrected chi connectivity index (χ1v) is 14.2. The van der Waals surface area contributed by atoms with Gasteiger partial charge in [0, 0.05) is 22.7 Å². The highest BCUT2D eigenvalue weighted by Crippen LogP contribution is 2.31. The standard InChI is InChI=1S/C31H28ClNO4S/c1-20-4-5-23(16-21(20)2)24-6-13-30-25(18-24)19-33(14-15-37-30)31(34)29-12-11-28(17-22(29)3)38(35,36)27-9-7-26(32)8-10-27/h4-13,16-18H,14-15,19H2,1-3H3. The van der Waals surface area contributed by atoms with Gasteiger partial charge in [-0.15, -0.1) is 0 Å². The predicted octanol–water partition coefficient (Wildman–Crippen LogP) is 6.80. The van der Waals surface area contributed by atoms with E-state index in [0.717, 1.165) is 22.4 Å². The fourth-order valence-corrected chi connectivity index (χ4v) is 6.10. The normalized spacial score (nSPS) is 13.4. The molecule has 0 radical (unpaired) electrons. The fraction of sp³-hybridized carbons (Fsp3) is 0.194. The second-order valence-electron chi connectivity index (χ2n) is 9.63. The van der Waals surface area contributed by atoms with Crippen LogP contribution < -0.4 is 4.74 Å². The summed E-state index contributed by atoms with van der Waals surface area (Å²) in [4.78, 5) is 15.6. The Morgan fingerprint density at radius 3 is 2.18 bits per heavy atom. The van der Waals surface area contributed by atoms with Crippen LogP contribution in [0.15, 0.2) is 88.7 Å². The minimum Gasteiger partial charge on any atom is -0.491 e. The molecule has 0 aromatic heterocycles. The summed E-state index contributed by atoms with van der Waals surface area (Å²) >= 11 is 5.91. The molecule has 0 spiro atoms. The molecule has 7 heteroatoms. The quantitative estimate of drug-likeness (QED) is 0.283. The number of aryl methyl sites for hydroxylation is 3. The van der Waals surface area contributed by atoms with E-state index in [1.165, 1.54) is 29.3 Å². The molecule has 194 valence electrons. The summed E-state index contributed by atoms with van der Waals surface area (Å²) in [7, 11) is -3.73. The highest BCUT2D eigenvalue weighted by Gasteiger charge is 2.25. The van der Waals surface area contributed by atoms with E-state index in [2.05, 4.69) is 38.1 Å². The van der Waals surface area contributed by atoms with Crippen molar-refractivity contribution in [3.8, 4) is 16.9 Å². The van der Waals surface area contributed by atoms with Gasteiger partial charge in [0.15, 0.2) is 0 Å². The molecule has 1 aliphatic rings. The van der Waals surface area contributed by atoms with Crippen LogP contribution in [0.5, 0.6) is 5.75 Å². The Balaban J connectivity index is 1.41. The van der Waals surface area contributed by atoms with Crippen LogP contribution in [0.1, 0.15) is 32.6 Å². The molecule has 4 aromatic carbocycles. The van der Waals surface area contributed by atoms with Crippen LogP contribution in [0.3, 0.4) is 0 Å². The monoisotopic (exact) mass is 545 g/mol. The third-order valence-electron chi connectivity index (χ3n) is 7.03. The van der Waals surface area contributed by atoms with E-state index in [-0.39, 0.29) is 15.7 Å². The zero-order chi connectivity index (χ0) is 27.0. The largest absolute Gasteiger partial charge is 0.491 e. The number of rotatable bonds is 4. The number of ether oxygens (including phenoxy) is 1. The van der Waals surface area contributed by atoms with Gasteiger partial charge in [0.05, 0.1) is 16.3 Å². The van der Waals surface area contributed by atoms with Crippen molar-refractivity contribution in [3.05, 3.63) is 112 Å². The first-order chi connectivity index (χ1) is 18.1. The van der Waals surface area contributed by atoms with E-state index in [0.29, 0.717) is 35.8 Å². The summed E-state index contributed by atoms with van der Waals surface area (Å²) in [6.07, 6.45) is 0. The van der Waals surface area contributed by atoms with Crippen molar-refractivity contribution in [2.75, 3.05) is 13.2 Å². The minimum absolute atomic E-state index is 0.136. The molecule has 0 N–H and O–H groups in total. The zero-order valence-corrected chi connectivity index (χ0v) is 23.1. The number of sulfone groups is 1. The van der Waals surface area contributed by atoms with E-state index < -0.39 is 9.84 Å². The fourth-order valence-electron chi connectivity index (χ4n) is 4.63. The first-order valence-electron chi connectivity index (χ1n) is 12.4. The Kier molecular flexibility index (Phi) is 7.03. The van der Waals surface area contributed by atoms with Gasteiger partial charge in [-0.1, -0.05) is 35.9 Å². The number of hydrogen-bond donors (Lipinski definition) is 0. The summed E-state index contributed by atoms with van der Waals surface area (Å²) in [5.41, 5.74) is 6.65. The van der Waals surface area contributed by atoms with Gasteiger partial charge >= 0.3 is 0 Å². The number of amides is 1. The van der Waals surface area contributed by atoms with Gasteiger partial charge in [-0.3, -0.25) is 4.79 Å². The number of fused-ring (bicyclic) bond motifs is 1. The molecule has 0 bridgehead atoms. The van der Waals surface area contributed by atoms with Crippen LogP contribution >= 0.6 is 11.6 Å². The Morgan fingerprint density at radius 1 is 0.789 bits per heavy atom. The van der Waals surface area contributed by atoms with Crippen molar-refractivity contribution < 1.29 is 17.9 Å². The number of carbonyl (C=O) groups is 1. The number of nitrogens with zero attached hydrogens (tertiary/aromatic N) is 1. The summed E-state index contributed by atoms with van der Waals surface area (Å²) in [6.45, 7) is 7.15. The van der Waals surface area contributed by atoms with Crippen molar-refractivity contribution in [1.82, 2.24) is 4.90 Å². The third-order valence-corrected chi connectivity index (χ3v) is 9.05. The van der Waals surface area contributed by atoms with Crippen molar-refractivity contribution in [3.63, 3.8) is 0 Å². The van der Waals surface area contributed by atoms with Gasteiger partial charge in [-0.25, -0.2) is 8.42 Å². The number of carbonyl (C=O) groups excluding carboxylic acids is 1. The molecule has 0 atom stereocenters. The molecule has 0 unspecified atom stereocenters. The van der Waals surface area contributed by atoms with Gasteiger partial charge in [0.25, 0.3) is 5.91 Å². The van der Waals surface area contributed by atoms with Crippen molar-refractivity contribution >= 4 is 27.3 Å². The van der Waals surface area contributed by atoms with Crippen LogP contribution in [0.25, 0.3) is 11.1 Å². The van der Waals surface area contributed by atoms with Gasteiger partial charge in [0.2, 0.25) is 9.84 Å². The lowest BCUT2D eigenvalue weighted by Gasteiger charge is -2.21. The average molecular weight is 546 g/mol. The van der Waals surface area contributed by atoms with Crippen molar-refractivity contribution in [2.45, 2.75) is 37.1 Å². The van der Waals surface area contributed by atoms with E-state index in [1.54, 1.807) is 36.1 Å². The van der Waals surface area contributed by atoms with E-state index in [9.17, 15) is 13.2 Å². The molecule has 4 aromatic rings. The molecular weight excluding hydrogens is 518 g/mol. The topological polar surface area (TPSA) is 63.7 Å². The highest BCUT2D eigenvalue weighted by molar-refractivity contribution is 7.91. The number of halogens is 1. The van der Waals surface area contributed by atoms with Gasteiger partial charge in [-0.05, 0) is 103 Å². The summed E-state index contributed by atoms with van der Waals surface area (Å²) in [5.74, 6) is 0.611. The third kappa shape index (κ3) is 5.06. The molecule has 0 fully saturated rings. The average Bonchev–Trinajstić information content (AvgIpc) is 3.12. The van der Waals surface area contributed by atoms with E-state index in [1.807, 2.05) is 12.1 Å². The maximum atomic E-state index is 13.6. The lowest BCUT2D eigenvalue weighted by Crippen LogP contribution is -2.33. The van der Waals surface area contributed by atoms with Crippen LogP contribution in [0.2, 0.25) is 5.02 Å². The Hall–Kier alpha value is -3.61. The Labute approximate surface area is 228 Å². The molecule has 1 heterocycles. The van der Waals surface area contributed by atoms with E-state index in [4.69, 9.17) is 16.3 Å². The maximum Gasteiger partial charge on any atom is 0.254 e. The number of hydrogen-bond acceptors (Lipinski definition) is 4. The van der Waals surface area contributed by atoms with Gasteiger partial charge < -0.3 is 9.64 Å². The summed E-state index contributed by atoms with van der Waals surface area (Å²) in [5, 5.41) is 0.463. The first kappa shape index (κ1) is 26.0. The minimum atomic E-state index is -3.73. The summed E-state index contributed by atoms with van der Waals surface area (Å²) in [6, 6.07) is 23.2. The molecular formula is C31H28ClNO4S. The zero-order valence-electron chi connectivity index (χ0n) is 21.5. The Morgan fingerprint density at radius 2 is 1.47 bits per heavy atom. The lowest BCUT2D eigenvalue weighted by atomic mass is 9.98. The van der Waals surface area contributed by atoms with Crippen LogP contribution in [0, 0.1) is 20.8 Å². The summed E-state index contributed by atoms with van der Waals surface area (Å²) < 4.78 is 32.2. The molecule has 38 heavy (non-hydrogen) atoms. The smallest absolute Gasteiger partial charge is 0.254 e. The molecule has 5 nitrogen and oxygen atoms in total. The van der Waals surface area contributed by atoms with E-state index >= 15 is 0 Å². The van der Waals surface area contributed by atoms with Crippen molar-refractivity contribution in [2.24, 2.45) is 0 Å². The second-order valence-corrected chi connectivity index (χ2v) is 12.0.